The first-order valence-corrected chi connectivity index (χ1v) is 5.77. The second kappa shape index (κ2) is 4.73. The third-order valence-electron chi connectivity index (χ3n) is 3.13. The highest BCUT2D eigenvalue weighted by Gasteiger charge is 2.32. The van der Waals surface area contributed by atoms with E-state index in [1.807, 2.05) is 11.8 Å². The van der Waals surface area contributed by atoms with E-state index in [2.05, 4.69) is 22.3 Å². The van der Waals surface area contributed by atoms with Gasteiger partial charge in [0.2, 0.25) is 11.8 Å². The van der Waals surface area contributed by atoms with Gasteiger partial charge in [-0.25, -0.2) is 10.8 Å². The van der Waals surface area contributed by atoms with E-state index in [0.29, 0.717) is 11.7 Å². The maximum atomic E-state index is 11.0. The van der Waals surface area contributed by atoms with Crippen molar-refractivity contribution in [3.8, 4) is 0 Å². The van der Waals surface area contributed by atoms with Crippen molar-refractivity contribution in [2.75, 3.05) is 16.9 Å². The summed E-state index contributed by atoms with van der Waals surface area (Å²) < 4.78 is 0. The molecular formula is C10H16N6O2. The smallest absolute Gasteiger partial charge is 0.329 e. The van der Waals surface area contributed by atoms with E-state index in [4.69, 9.17) is 5.84 Å². The van der Waals surface area contributed by atoms with Gasteiger partial charge in [-0.3, -0.25) is 15.5 Å². The zero-order chi connectivity index (χ0) is 13.3. The molecule has 2 rings (SSSR count). The Morgan fingerprint density at radius 2 is 2.33 bits per heavy atom. The fraction of sp³-hybridized carbons (Fsp3) is 0.600. The van der Waals surface area contributed by atoms with E-state index >= 15 is 0 Å². The van der Waals surface area contributed by atoms with Crippen LogP contribution in [0.1, 0.15) is 20.3 Å². The van der Waals surface area contributed by atoms with Crippen LogP contribution in [0.25, 0.3) is 0 Å². The van der Waals surface area contributed by atoms with E-state index in [1.54, 1.807) is 0 Å². The molecule has 0 spiro atoms. The Kier molecular flexibility index (Phi) is 3.28. The van der Waals surface area contributed by atoms with Gasteiger partial charge in [-0.2, -0.15) is 4.98 Å². The summed E-state index contributed by atoms with van der Waals surface area (Å²) in [4.78, 5) is 20.4. The molecule has 1 fully saturated rings. The maximum Gasteiger partial charge on any atom is 0.329 e. The van der Waals surface area contributed by atoms with Gasteiger partial charge in [0.15, 0.2) is 0 Å². The van der Waals surface area contributed by atoms with Crippen LogP contribution in [0.5, 0.6) is 0 Å². The molecule has 2 unspecified atom stereocenters. The molecule has 18 heavy (non-hydrogen) atoms. The largest absolute Gasteiger partial charge is 0.348 e. The fourth-order valence-corrected chi connectivity index (χ4v) is 2.37. The molecule has 0 aliphatic carbocycles. The van der Waals surface area contributed by atoms with E-state index in [-0.39, 0.29) is 17.7 Å². The maximum absolute atomic E-state index is 11.0. The Labute approximate surface area is 104 Å². The summed E-state index contributed by atoms with van der Waals surface area (Å²) in [5, 5.41) is 11.0. The molecule has 8 heteroatoms. The van der Waals surface area contributed by atoms with Crippen molar-refractivity contribution in [1.29, 1.82) is 0 Å². The molecule has 1 aromatic heterocycles. The summed E-state index contributed by atoms with van der Waals surface area (Å²) in [7, 11) is 0. The van der Waals surface area contributed by atoms with Crippen LogP contribution in [0.3, 0.4) is 0 Å². The normalized spacial score (nSPS) is 23.2. The SMILES string of the molecule is CC1CC(C)N(c2nc(NN)ncc2[N+](=O)[O-])C1. The van der Waals surface area contributed by atoms with Gasteiger partial charge >= 0.3 is 5.69 Å². The van der Waals surface area contributed by atoms with Crippen LogP contribution in [0.15, 0.2) is 6.20 Å². The van der Waals surface area contributed by atoms with Crippen molar-refractivity contribution in [2.45, 2.75) is 26.3 Å². The lowest BCUT2D eigenvalue weighted by Crippen LogP contribution is -2.29. The van der Waals surface area contributed by atoms with Crippen molar-refractivity contribution < 1.29 is 4.92 Å². The zero-order valence-electron chi connectivity index (χ0n) is 10.3. The second-order valence-electron chi connectivity index (χ2n) is 4.65. The molecule has 1 aliphatic heterocycles. The summed E-state index contributed by atoms with van der Waals surface area (Å²) in [6.07, 6.45) is 2.18. The van der Waals surface area contributed by atoms with Crippen LogP contribution in [-0.2, 0) is 0 Å². The number of nitrogens with zero attached hydrogens (tertiary/aromatic N) is 4. The molecule has 1 aliphatic rings. The van der Waals surface area contributed by atoms with E-state index in [9.17, 15) is 10.1 Å². The van der Waals surface area contributed by atoms with Gasteiger partial charge in [0.25, 0.3) is 0 Å². The number of nitrogens with one attached hydrogen (secondary N) is 1. The highest BCUT2D eigenvalue weighted by molar-refractivity contribution is 5.60. The minimum absolute atomic E-state index is 0.0880. The average Bonchev–Trinajstić information content (AvgIpc) is 2.67. The van der Waals surface area contributed by atoms with Gasteiger partial charge in [0, 0.05) is 12.6 Å². The molecule has 3 N–H and O–H groups in total. The first kappa shape index (κ1) is 12.5. The Hall–Kier alpha value is -1.96. The van der Waals surface area contributed by atoms with Gasteiger partial charge in [-0.05, 0) is 19.3 Å². The van der Waals surface area contributed by atoms with Crippen molar-refractivity contribution >= 4 is 17.5 Å². The van der Waals surface area contributed by atoms with Crippen LogP contribution < -0.4 is 16.2 Å². The lowest BCUT2D eigenvalue weighted by molar-refractivity contribution is -0.384. The monoisotopic (exact) mass is 252 g/mol. The average molecular weight is 252 g/mol. The molecule has 8 nitrogen and oxygen atoms in total. The van der Waals surface area contributed by atoms with Crippen LogP contribution in [0.2, 0.25) is 0 Å². The number of nitrogen functional groups attached to an aromatic ring is 1. The van der Waals surface area contributed by atoms with Gasteiger partial charge in [0.05, 0.1) is 4.92 Å². The van der Waals surface area contributed by atoms with Crippen molar-refractivity contribution in [2.24, 2.45) is 11.8 Å². The highest BCUT2D eigenvalue weighted by Crippen LogP contribution is 2.33. The first-order chi connectivity index (χ1) is 8.52. The summed E-state index contributed by atoms with van der Waals surface area (Å²) in [6.45, 7) is 4.90. The Bertz CT molecular complexity index is 466. The van der Waals surface area contributed by atoms with E-state index < -0.39 is 4.92 Å². The van der Waals surface area contributed by atoms with E-state index in [1.165, 1.54) is 6.20 Å². The minimum atomic E-state index is -0.467. The number of nitro groups is 1. The lowest BCUT2D eigenvalue weighted by Gasteiger charge is -2.22. The molecule has 0 amide bonds. The number of hydrogen-bond donors (Lipinski definition) is 2. The van der Waals surface area contributed by atoms with Crippen LogP contribution >= 0.6 is 0 Å². The van der Waals surface area contributed by atoms with Crippen molar-refractivity contribution in [3.63, 3.8) is 0 Å². The third kappa shape index (κ3) is 2.19. The number of anilines is 2. The Balaban J connectivity index is 2.43. The molecule has 0 bridgehead atoms. The third-order valence-corrected chi connectivity index (χ3v) is 3.13. The van der Waals surface area contributed by atoms with Gasteiger partial charge in [0.1, 0.15) is 6.20 Å². The topological polar surface area (TPSA) is 110 Å². The summed E-state index contributed by atoms with van der Waals surface area (Å²) in [6, 6.07) is 0.222. The molecule has 1 saturated heterocycles. The fourth-order valence-electron chi connectivity index (χ4n) is 2.37. The minimum Gasteiger partial charge on any atom is -0.348 e. The van der Waals surface area contributed by atoms with Gasteiger partial charge < -0.3 is 4.90 Å². The molecule has 2 heterocycles. The number of hydrazine groups is 1. The summed E-state index contributed by atoms with van der Waals surface area (Å²) >= 11 is 0. The molecule has 0 radical (unpaired) electrons. The van der Waals surface area contributed by atoms with Crippen molar-refractivity contribution in [1.82, 2.24) is 9.97 Å². The predicted octanol–water partition coefficient (Wildman–Crippen LogP) is 0.905. The number of aromatic nitrogens is 2. The second-order valence-corrected chi connectivity index (χ2v) is 4.65. The van der Waals surface area contributed by atoms with Gasteiger partial charge in [-0.1, -0.05) is 6.92 Å². The first-order valence-electron chi connectivity index (χ1n) is 5.77. The predicted molar refractivity (Wildman–Crippen MR) is 67.1 cm³/mol. The van der Waals surface area contributed by atoms with Gasteiger partial charge in [-0.15, -0.1) is 0 Å². The molecule has 1 aromatic rings. The van der Waals surface area contributed by atoms with Crippen molar-refractivity contribution in [3.05, 3.63) is 16.3 Å². The summed E-state index contributed by atoms with van der Waals surface area (Å²) in [5.41, 5.74) is 2.22. The molecule has 0 saturated carbocycles. The molecule has 2 atom stereocenters. The summed E-state index contributed by atoms with van der Waals surface area (Å²) in [5.74, 6) is 6.25. The Morgan fingerprint density at radius 3 is 2.83 bits per heavy atom. The van der Waals surface area contributed by atoms with Crippen LogP contribution in [0, 0.1) is 16.0 Å². The Morgan fingerprint density at radius 1 is 1.61 bits per heavy atom. The lowest BCUT2D eigenvalue weighted by atomic mass is 10.1. The van der Waals surface area contributed by atoms with E-state index in [0.717, 1.165) is 13.0 Å². The zero-order valence-corrected chi connectivity index (χ0v) is 10.3. The highest BCUT2D eigenvalue weighted by atomic mass is 16.6. The standard InChI is InChI=1S/C10H16N6O2/c1-6-3-7(2)15(5-6)9-8(16(17)18)4-12-10(13-9)14-11/h4,6-7H,3,5,11H2,1-2H3,(H,12,13,14). The quantitative estimate of drug-likeness (QED) is 0.467. The number of rotatable bonds is 3. The molecular weight excluding hydrogens is 236 g/mol. The van der Waals surface area contributed by atoms with Crippen LogP contribution in [-0.4, -0.2) is 27.5 Å². The molecule has 98 valence electrons. The van der Waals surface area contributed by atoms with Crippen LogP contribution in [0.4, 0.5) is 17.5 Å². The molecule has 0 aromatic carbocycles. The number of hydrogen-bond acceptors (Lipinski definition) is 7. The number of nitrogens with two attached hydrogens (primary N) is 1.